The van der Waals surface area contributed by atoms with E-state index in [4.69, 9.17) is 23.1 Å². The van der Waals surface area contributed by atoms with Crippen molar-refractivity contribution in [2.24, 2.45) is 21.5 Å². The molecule has 114 valence electrons. The predicted molar refractivity (Wildman–Crippen MR) is 88.7 cm³/mol. The highest BCUT2D eigenvalue weighted by molar-refractivity contribution is 6.30. The molecule has 5 nitrogen and oxygen atoms in total. The first-order valence-corrected chi connectivity index (χ1v) is 7.18. The van der Waals surface area contributed by atoms with Gasteiger partial charge in [-0.2, -0.15) is 4.99 Å². The Kier molecular flexibility index (Phi) is 4.64. The molecule has 2 aliphatic rings. The Bertz CT molecular complexity index is 561. The van der Waals surface area contributed by atoms with Crippen molar-refractivity contribution in [2.45, 2.75) is 37.9 Å². The Morgan fingerprint density at radius 2 is 1.76 bits per heavy atom. The molecule has 0 amide bonds. The molecule has 0 aromatic heterocycles. The topological polar surface area (TPSA) is 80.0 Å². The Labute approximate surface area is 135 Å². The van der Waals surface area contributed by atoms with Crippen molar-refractivity contribution >= 4 is 35.9 Å². The lowest BCUT2D eigenvalue weighted by Crippen LogP contribution is -2.55. The molecule has 1 aromatic rings. The number of hydrogen-bond donors (Lipinski definition) is 2. The minimum absolute atomic E-state index is 0. The summed E-state index contributed by atoms with van der Waals surface area (Å²) < 4.78 is 0. The molecule has 1 saturated carbocycles. The van der Waals surface area contributed by atoms with E-state index < -0.39 is 0 Å². The van der Waals surface area contributed by atoms with Crippen LogP contribution in [0.5, 0.6) is 0 Å². The molecule has 4 N–H and O–H groups in total. The van der Waals surface area contributed by atoms with Crippen molar-refractivity contribution in [2.75, 3.05) is 0 Å². The molecule has 0 radical (unpaired) electrons. The van der Waals surface area contributed by atoms with E-state index in [9.17, 15) is 0 Å². The fraction of sp³-hybridized carbons (Fsp3) is 0.429. The van der Waals surface area contributed by atoms with Gasteiger partial charge in [-0.25, -0.2) is 4.99 Å². The average molecular weight is 328 g/mol. The highest BCUT2D eigenvalue weighted by Gasteiger charge is 2.42. The van der Waals surface area contributed by atoms with Crippen LogP contribution in [0.25, 0.3) is 0 Å². The summed E-state index contributed by atoms with van der Waals surface area (Å²) in [4.78, 5) is 10.8. The van der Waals surface area contributed by atoms with E-state index >= 15 is 0 Å². The summed E-state index contributed by atoms with van der Waals surface area (Å²) in [6, 6.07) is 7.76. The Hall–Kier alpha value is -1.46. The normalized spacial score (nSPS) is 20.0. The molecular formula is C14H19Cl2N5. The van der Waals surface area contributed by atoms with Gasteiger partial charge in [-0.05, 0) is 43.4 Å². The minimum atomic E-state index is -0.310. The lowest BCUT2D eigenvalue weighted by molar-refractivity contribution is 0.173. The molecule has 1 fully saturated rings. The summed E-state index contributed by atoms with van der Waals surface area (Å²) in [5.74, 6) is 0.742. The fourth-order valence-electron chi connectivity index (χ4n) is 3.01. The van der Waals surface area contributed by atoms with Gasteiger partial charge in [0.1, 0.15) is 5.66 Å². The van der Waals surface area contributed by atoms with Gasteiger partial charge in [-0.15, -0.1) is 12.4 Å². The second-order valence-corrected chi connectivity index (χ2v) is 5.78. The number of halogens is 2. The van der Waals surface area contributed by atoms with E-state index in [0.717, 1.165) is 36.3 Å². The number of aliphatic imine (C=N–C) groups is 2. The molecule has 0 unspecified atom stereocenters. The maximum absolute atomic E-state index is 6.09. The van der Waals surface area contributed by atoms with E-state index in [1.807, 2.05) is 24.3 Å². The monoisotopic (exact) mass is 327 g/mol. The van der Waals surface area contributed by atoms with E-state index in [1.165, 1.54) is 0 Å². The van der Waals surface area contributed by atoms with Crippen LogP contribution < -0.4 is 11.5 Å². The predicted octanol–water partition coefficient (Wildman–Crippen LogP) is 2.48. The number of nitrogens with zero attached hydrogens (tertiary/aromatic N) is 3. The van der Waals surface area contributed by atoms with Gasteiger partial charge in [0.2, 0.25) is 11.9 Å². The van der Waals surface area contributed by atoms with Crippen molar-refractivity contribution < 1.29 is 0 Å². The molecule has 1 aromatic carbocycles. The van der Waals surface area contributed by atoms with Crippen LogP contribution in [0.1, 0.15) is 31.2 Å². The first kappa shape index (κ1) is 15.9. The van der Waals surface area contributed by atoms with Gasteiger partial charge in [0.05, 0.1) is 0 Å². The summed E-state index contributed by atoms with van der Waals surface area (Å²) in [5, 5.41) is 0.729. The van der Waals surface area contributed by atoms with Crippen LogP contribution in [0.15, 0.2) is 34.3 Å². The molecule has 1 aliphatic heterocycles. The molecular weight excluding hydrogens is 309 g/mol. The Morgan fingerprint density at radius 3 is 2.38 bits per heavy atom. The quantitative estimate of drug-likeness (QED) is 0.875. The zero-order chi connectivity index (χ0) is 14.2. The summed E-state index contributed by atoms with van der Waals surface area (Å²) in [7, 11) is 0. The third kappa shape index (κ3) is 3.09. The first-order valence-electron chi connectivity index (χ1n) is 6.81. The van der Waals surface area contributed by atoms with Crippen LogP contribution in [0.4, 0.5) is 0 Å². The first-order chi connectivity index (χ1) is 9.59. The molecule has 1 heterocycles. The van der Waals surface area contributed by atoms with Crippen molar-refractivity contribution in [3.8, 4) is 0 Å². The van der Waals surface area contributed by atoms with Gasteiger partial charge in [-0.3, -0.25) is 0 Å². The lowest BCUT2D eigenvalue weighted by Gasteiger charge is -2.41. The number of benzene rings is 1. The van der Waals surface area contributed by atoms with Gasteiger partial charge in [-0.1, -0.05) is 23.7 Å². The minimum Gasteiger partial charge on any atom is -0.369 e. The van der Waals surface area contributed by atoms with E-state index in [1.54, 1.807) is 0 Å². The fourth-order valence-corrected chi connectivity index (χ4v) is 3.14. The summed E-state index contributed by atoms with van der Waals surface area (Å²) >= 11 is 5.92. The summed E-state index contributed by atoms with van der Waals surface area (Å²) in [5.41, 5.74) is 12.7. The molecule has 0 saturated heterocycles. The zero-order valence-corrected chi connectivity index (χ0v) is 13.2. The molecule has 1 aliphatic carbocycles. The highest BCUT2D eigenvalue weighted by Crippen LogP contribution is 2.38. The van der Waals surface area contributed by atoms with E-state index in [-0.39, 0.29) is 24.0 Å². The molecule has 7 heteroatoms. The van der Waals surface area contributed by atoms with Gasteiger partial charge in [0.25, 0.3) is 0 Å². The molecule has 3 rings (SSSR count). The van der Waals surface area contributed by atoms with Crippen LogP contribution in [-0.4, -0.2) is 22.5 Å². The standard InChI is InChI=1S/C14H18ClN5.ClH/c15-11-5-3-10(4-6-11)9-20-13(17)18-12(16)19-14(20)7-1-2-8-14;/h3-6H,1-2,7-9H2,(H4,16,17,18,19);1H. The molecule has 1 spiro atoms. The Balaban J connectivity index is 0.00000161. The number of hydrogen-bond acceptors (Lipinski definition) is 5. The third-order valence-electron chi connectivity index (χ3n) is 3.99. The average Bonchev–Trinajstić information content (AvgIpc) is 2.85. The third-order valence-corrected chi connectivity index (χ3v) is 4.24. The van der Waals surface area contributed by atoms with Crippen LogP contribution >= 0.6 is 24.0 Å². The smallest absolute Gasteiger partial charge is 0.220 e. The number of nitrogens with two attached hydrogens (primary N) is 2. The van der Waals surface area contributed by atoms with Gasteiger partial charge in [0, 0.05) is 11.6 Å². The highest BCUT2D eigenvalue weighted by atomic mass is 35.5. The van der Waals surface area contributed by atoms with Gasteiger partial charge >= 0.3 is 0 Å². The maximum Gasteiger partial charge on any atom is 0.220 e. The maximum atomic E-state index is 6.09. The SMILES string of the molecule is Cl.NC1=NC2(CCCC2)N(Cc2ccc(Cl)cc2)C(N)=N1. The van der Waals surface area contributed by atoms with E-state index in [2.05, 4.69) is 14.9 Å². The van der Waals surface area contributed by atoms with Gasteiger partial charge < -0.3 is 16.4 Å². The van der Waals surface area contributed by atoms with Crippen molar-refractivity contribution in [1.82, 2.24) is 4.90 Å². The summed E-state index contributed by atoms with van der Waals surface area (Å²) in [6.07, 6.45) is 4.22. The van der Waals surface area contributed by atoms with Crippen LogP contribution in [0.3, 0.4) is 0 Å². The summed E-state index contributed by atoms with van der Waals surface area (Å²) in [6.45, 7) is 0.670. The van der Waals surface area contributed by atoms with Crippen molar-refractivity contribution in [1.29, 1.82) is 0 Å². The van der Waals surface area contributed by atoms with Crippen molar-refractivity contribution in [3.05, 3.63) is 34.9 Å². The second kappa shape index (κ2) is 6.12. The molecule has 0 atom stereocenters. The number of rotatable bonds is 2. The van der Waals surface area contributed by atoms with Crippen LogP contribution in [0.2, 0.25) is 5.02 Å². The van der Waals surface area contributed by atoms with Gasteiger partial charge in [0.15, 0.2) is 0 Å². The Morgan fingerprint density at radius 1 is 1.14 bits per heavy atom. The van der Waals surface area contributed by atoms with Crippen LogP contribution in [0, 0.1) is 0 Å². The molecule has 21 heavy (non-hydrogen) atoms. The van der Waals surface area contributed by atoms with Crippen molar-refractivity contribution in [3.63, 3.8) is 0 Å². The van der Waals surface area contributed by atoms with Crippen LogP contribution in [-0.2, 0) is 6.54 Å². The lowest BCUT2D eigenvalue weighted by atomic mass is 10.1. The zero-order valence-electron chi connectivity index (χ0n) is 11.6. The second-order valence-electron chi connectivity index (χ2n) is 5.34. The largest absolute Gasteiger partial charge is 0.369 e. The molecule has 0 bridgehead atoms. The van der Waals surface area contributed by atoms with E-state index in [0.29, 0.717) is 12.5 Å². The number of guanidine groups is 2.